The number of carbonyl (C=O) groups excluding carboxylic acids is 1. The van der Waals surface area contributed by atoms with Crippen molar-refractivity contribution in [3.8, 4) is 11.3 Å². The highest BCUT2D eigenvalue weighted by atomic mass is 16.5. The Morgan fingerprint density at radius 3 is 2.64 bits per heavy atom. The molecule has 1 fully saturated rings. The molecule has 0 radical (unpaired) electrons. The van der Waals surface area contributed by atoms with E-state index in [1.165, 1.54) is 0 Å². The number of hydrogen-bond donors (Lipinski definition) is 0. The third-order valence-corrected chi connectivity index (χ3v) is 4.74. The van der Waals surface area contributed by atoms with Gasteiger partial charge in [0.15, 0.2) is 5.82 Å². The zero-order valence-corrected chi connectivity index (χ0v) is 15.7. The number of likely N-dealkylation sites (tertiary alicyclic amines) is 1. The third kappa shape index (κ3) is 3.43. The summed E-state index contributed by atoms with van der Waals surface area (Å²) in [5.74, 6) is 1.63. The predicted molar refractivity (Wildman–Crippen MR) is 94.9 cm³/mol. The number of amides is 1. The van der Waals surface area contributed by atoms with E-state index in [1.54, 1.807) is 0 Å². The second-order valence-electron chi connectivity index (χ2n) is 7.15. The Morgan fingerprint density at radius 2 is 2.00 bits per heavy atom. The molecule has 0 saturated carbocycles. The number of carbonyl (C=O) groups is 1. The maximum atomic E-state index is 12.6. The molecular weight excluding hydrogens is 316 g/mol. The summed E-state index contributed by atoms with van der Waals surface area (Å²) in [6, 6.07) is 1.90. The van der Waals surface area contributed by atoms with Gasteiger partial charge in [0.1, 0.15) is 5.76 Å². The van der Waals surface area contributed by atoms with Crippen LogP contribution < -0.4 is 0 Å². The van der Waals surface area contributed by atoms with E-state index < -0.39 is 0 Å². The van der Waals surface area contributed by atoms with Crippen molar-refractivity contribution in [3.63, 3.8) is 0 Å². The Bertz CT molecular complexity index is 762. The lowest BCUT2D eigenvalue weighted by molar-refractivity contribution is -0.138. The molecule has 2 aromatic rings. The Labute approximate surface area is 148 Å². The van der Waals surface area contributed by atoms with E-state index in [1.807, 2.05) is 45.6 Å². The zero-order valence-electron chi connectivity index (χ0n) is 15.7. The van der Waals surface area contributed by atoms with Gasteiger partial charge in [-0.1, -0.05) is 19.0 Å². The highest BCUT2D eigenvalue weighted by molar-refractivity contribution is 5.78. The van der Waals surface area contributed by atoms with Crippen molar-refractivity contribution in [1.82, 2.24) is 20.0 Å². The Morgan fingerprint density at radius 1 is 1.24 bits per heavy atom. The Balaban J connectivity index is 2.03. The van der Waals surface area contributed by atoms with Gasteiger partial charge in [-0.15, -0.1) is 0 Å². The Hall–Kier alpha value is -2.24. The van der Waals surface area contributed by atoms with E-state index in [-0.39, 0.29) is 17.9 Å². The summed E-state index contributed by atoms with van der Waals surface area (Å²) in [6.07, 6.45) is 3.03. The van der Waals surface area contributed by atoms with Crippen molar-refractivity contribution in [3.05, 3.63) is 29.0 Å². The van der Waals surface area contributed by atoms with Crippen LogP contribution >= 0.6 is 0 Å². The number of nitrogens with zero attached hydrogens (tertiary/aromatic N) is 4. The molecule has 25 heavy (non-hydrogen) atoms. The van der Waals surface area contributed by atoms with Gasteiger partial charge >= 0.3 is 0 Å². The predicted octanol–water partition coefficient (Wildman–Crippen LogP) is 3.77. The average Bonchev–Trinajstić information content (AvgIpc) is 2.92. The van der Waals surface area contributed by atoms with E-state index >= 15 is 0 Å². The first kappa shape index (κ1) is 17.6. The Kier molecular flexibility index (Phi) is 4.88. The fourth-order valence-corrected chi connectivity index (χ4v) is 3.51. The number of aryl methyl sites for hydroxylation is 3. The molecule has 1 aliphatic heterocycles. The van der Waals surface area contributed by atoms with Gasteiger partial charge in [-0.2, -0.15) is 0 Å². The number of hydrogen-bond acceptors (Lipinski definition) is 5. The molecular formula is C19H26N4O2. The molecule has 6 nitrogen and oxygen atoms in total. The molecule has 134 valence electrons. The van der Waals surface area contributed by atoms with Crippen LogP contribution in [0.3, 0.4) is 0 Å². The summed E-state index contributed by atoms with van der Waals surface area (Å²) < 4.78 is 5.29. The van der Waals surface area contributed by atoms with Gasteiger partial charge in [0, 0.05) is 18.2 Å². The quantitative estimate of drug-likeness (QED) is 0.849. The third-order valence-electron chi connectivity index (χ3n) is 4.74. The molecule has 0 unspecified atom stereocenters. The minimum atomic E-state index is -0.0530. The molecule has 1 amide bonds. The highest BCUT2D eigenvalue weighted by Crippen LogP contribution is 2.32. The summed E-state index contributed by atoms with van der Waals surface area (Å²) >= 11 is 0. The first-order valence-electron chi connectivity index (χ1n) is 8.97. The molecule has 1 aliphatic rings. The smallest absolute Gasteiger partial charge is 0.225 e. The largest absolute Gasteiger partial charge is 0.361 e. The lowest BCUT2D eigenvalue weighted by Crippen LogP contribution is -2.41. The monoisotopic (exact) mass is 342 g/mol. The van der Waals surface area contributed by atoms with Crippen molar-refractivity contribution in [2.45, 2.75) is 59.9 Å². The van der Waals surface area contributed by atoms with E-state index in [0.29, 0.717) is 0 Å². The van der Waals surface area contributed by atoms with Crippen LogP contribution in [0.5, 0.6) is 0 Å². The molecule has 1 atom stereocenters. The van der Waals surface area contributed by atoms with Gasteiger partial charge in [-0.25, -0.2) is 9.97 Å². The SMILES string of the molecule is Cc1cc(-c2c(C)noc2C)nc([C@H]2CCCCN2C(=O)C(C)C)n1. The van der Waals surface area contributed by atoms with E-state index in [2.05, 4.69) is 10.1 Å². The van der Waals surface area contributed by atoms with Crippen molar-refractivity contribution in [2.75, 3.05) is 6.54 Å². The summed E-state index contributed by atoms with van der Waals surface area (Å²) in [6.45, 7) is 10.4. The standard InChI is InChI=1S/C19H26N4O2/c1-11(2)19(24)23-9-7-6-8-16(23)18-20-12(3)10-15(21-18)17-13(4)22-25-14(17)5/h10-11,16H,6-9H2,1-5H3/t16-/m1/s1. The zero-order chi connectivity index (χ0) is 18.1. The van der Waals surface area contributed by atoms with Crippen LogP contribution in [-0.2, 0) is 4.79 Å². The number of rotatable bonds is 3. The normalized spacial score (nSPS) is 18.0. The van der Waals surface area contributed by atoms with Gasteiger partial charge in [-0.3, -0.25) is 4.79 Å². The van der Waals surface area contributed by atoms with Crippen LogP contribution in [0.25, 0.3) is 11.3 Å². The van der Waals surface area contributed by atoms with Crippen molar-refractivity contribution in [2.24, 2.45) is 5.92 Å². The molecule has 0 bridgehead atoms. The van der Waals surface area contributed by atoms with Gasteiger partial charge in [0.05, 0.1) is 23.0 Å². The lowest BCUT2D eigenvalue weighted by atomic mass is 9.99. The number of piperidine rings is 1. The van der Waals surface area contributed by atoms with Crippen LogP contribution in [-0.4, -0.2) is 32.5 Å². The first-order chi connectivity index (χ1) is 11.9. The summed E-state index contributed by atoms with van der Waals surface area (Å²) in [7, 11) is 0. The van der Waals surface area contributed by atoms with Gasteiger partial charge in [0.25, 0.3) is 0 Å². The molecule has 3 heterocycles. The molecule has 2 aromatic heterocycles. The molecule has 0 N–H and O–H groups in total. The van der Waals surface area contributed by atoms with Gasteiger partial charge < -0.3 is 9.42 Å². The van der Waals surface area contributed by atoms with Crippen LogP contribution in [0.15, 0.2) is 10.6 Å². The molecule has 1 saturated heterocycles. The van der Waals surface area contributed by atoms with Gasteiger partial charge in [0.2, 0.25) is 5.91 Å². The molecule has 0 aliphatic carbocycles. The van der Waals surface area contributed by atoms with Crippen LogP contribution in [0, 0.1) is 26.7 Å². The molecule has 0 aromatic carbocycles. The fraction of sp³-hybridized carbons (Fsp3) is 0.579. The molecule has 6 heteroatoms. The summed E-state index contributed by atoms with van der Waals surface area (Å²) in [5.41, 5.74) is 3.45. The van der Waals surface area contributed by atoms with Crippen molar-refractivity contribution < 1.29 is 9.32 Å². The fourth-order valence-electron chi connectivity index (χ4n) is 3.51. The van der Waals surface area contributed by atoms with E-state index in [4.69, 9.17) is 9.51 Å². The van der Waals surface area contributed by atoms with Crippen LogP contribution in [0.2, 0.25) is 0 Å². The van der Waals surface area contributed by atoms with E-state index in [0.717, 1.165) is 60.0 Å². The lowest BCUT2D eigenvalue weighted by Gasteiger charge is -2.36. The first-order valence-corrected chi connectivity index (χ1v) is 8.97. The minimum absolute atomic E-state index is 0.0209. The average molecular weight is 342 g/mol. The second-order valence-corrected chi connectivity index (χ2v) is 7.15. The topological polar surface area (TPSA) is 72.1 Å². The highest BCUT2D eigenvalue weighted by Gasteiger charge is 2.31. The van der Waals surface area contributed by atoms with Crippen LogP contribution in [0.4, 0.5) is 0 Å². The molecule has 0 spiro atoms. The maximum Gasteiger partial charge on any atom is 0.225 e. The summed E-state index contributed by atoms with van der Waals surface area (Å²) in [5, 5.41) is 4.03. The summed E-state index contributed by atoms with van der Waals surface area (Å²) in [4.78, 5) is 24.1. The van der Waals surface area contributed by atoms with Gasteiger partial charge in [-0.05, 0) is 46.1 Å². The van der Waals surface area contributed by atoms with Crippen molar-refractivity contribution >= 4 is 5.91 Å². The van der Waals surface area contributed by atoms with Crippen LogP contribution in [0.1, 0.15) is 62.1 Å². The number of aromatic nitrogens is 3. The van der Waals surface area contributed by atoms with E-state index in [9.17, 15) is 4.79 Å². The van der Waals surface area contributed by atoms with Crippen molar-refractivity contribution in [1.29, 1.82) is 0 Å². The minimum Gasteiger partial charge on any atom is -0.361 e. The second kappa shape index (κ2) is 6.94. The molecule has 3 rings (SSSR count). The maximum absolute atomic E-state index is 12.6.